The van der Waals surface area contributed by atoms with Crippen molar-refractivity contribution in [2.45, 2.75) is 40.2 Å². The fourth-order valence-corrected chi connectivity index (χ4v) is 2.46. The molecule has 1 aromatic carbocycles. The Hall–Kier alpha value is -1.10. The van der Waals surface area contributed by atoms with Gasteiger partial charge in [-0.3, -0.25) is 10.1 Å². The molecule has 0 saturated heterocycles. The molecule has 0 aliphatic heterocycles. The quantitative estimate of drug-likeness (QED) is 0.642. The Morgan fingerprint density at radius 3 is 2.50 bits per heavy atom. The predicted molar refractivity (Wildman–Crippen MR) is 78.1 cm³/mol. The van der Waals surface area contributed by atoms with E-state index >= 15 is 0 Å². The van der Waals surface area contributed by atoms with Gasteiger partial charge in [-0.2, -0.15) is 0 Å². The molecule has 0 aliphatic rings. The van der Waals surface area contributed by atoms with Crippen molar-refractivity contribution in [3.63, 3.8) is 0 Å². The normalized spacial score (nSPS) is 12.6. The summed E-state index contributed by atoms with van der Waals surface area (Å²) in [6.07, 6.45) is 1.06. The molecule has 1 unspecified atom stereocenters. The Balaban J connectivity index is 2.91. The van der Waals surface area contributed by atoms with Gasteiger partial charge in [0.1, 0.15) is 0 Å². The highest BCUT2D eigenvalue weighted by atomic mass is 79.9. The second-order valence-corrected chi connectivity index (χ2v) is 5.90. The Morgan fingerprint density at radius 2 is 2.00 bits per heavy atom. The van der Waals surface area contributed by atoms with E-state index in [2.05, 4.69) is 42.0 Å². The van der Waals surface area contributed by atoms with Crippen LogP contribution in [-0.4, -0.2) is 11.0 Å². The number of halogens is 1. The monoisotopic (exact) mass is 314 g/mol. The maximum atomic E-state index is 10.8. The van der Waals surface area contributed by atoms with Gasteiger partial charge in [0.05, 0.1) is 4.92 Å². The maximum absolute atomic E-state index is 10.8. The van der Waals surface area contributed by atoms with E-state index in [0.717, 1.165) is 16.6 Å². The minimum atomic E-state index is -0.360. The number of benzene rings is 1. The lowest BCUT2D eigenvalue weighted by Gasteiger charge is -2.18. The lowest BCUT2D eigenvalue weighted by Crippen LogP contribution is -2.17. The summed E-state index contributed by atoms with van der Waals surface area (Å²) in [5.74, 6) is 0.616. The summed E-state index contributed by atoms with van der Waals surface area (Å²) in [5.41, 5.74) is 1.72. The van der Waals surface area contributed by atoms with Gasteiger partial charge in [-0.05, 0) is 48.2 Å². The number of hydrogen-bond acceptors (Lipinski definition) is 3. The largest absolute Gasteiger partial charge is 0.382 e. The van der Waals surface area contributed by atoms with Crippen molar-refractivity contribution in [2.24, 2.45) is 5.92 Å². The van der Waals surface area contributed by atoms with Crippen LogP contribution in [0.25, 0.3) is 0 Å². The molecule has 5 heteroatoms. The molecule has 1 atom stereocenters. The van der Waals surface area contributed by atoms with Gasteiger partial charge in [-0.15, -0.1) is 0 Å². The fourth-order valence-electron chi connectivity index (χ4n) is 2.01. The summed E-state index contributed by atoms with van der Waals surface area (Å²) < 4.78 is 0.732. The van der Waals surface area contributed by atoms with Crippen LogP contribution < -0.4 is 5.32 Å². The van der Waals surface area contributed by atoms with Crippen LogP contribution in [0.3, 0.4) is 0 Å². The van der Waals surface area contributed by atoms with Crippen molar-refractivity contribution in [3.05, 3.63) is 32.3 Å². The number of hydrogen-bond donors (Lipinski definition) is 1. The summed E-state index contributed by atoms with van der Waals surface area (Å²) in [6, 6.07) is 3.71. The van der Waals surface area contributed by atoms with Crippen molar-refractivity contribution < 1.29 is 4.92 Å². The first-order valence-electron chi connectivity index (χ1n) is 6.02. The zero-order chi connectivity index (χ0) is 13.9. The second-order valence-electron chi connectivity index (χ2n) is 5.05. The number of nitrogens with one attached hydrogen (secondary N) is 1. The highest BCUT2D eigenvalue weighted by molar-refractivity contribution is 9.10. The zero-order valence-electron chi connectivity index (χ0n) is 11.2. The lowest BCUT2D eigenvalue weighted by molar-refractivity contribution is -0.385. The molecule has 0 radical (unpaired) electrons. The lowest BCUT2D eigenvalue weighted by atomic mass is 10.0. The number of nitrogens with zero attached hydrogens (tertiary/aromatic N) is 1. The van der Waals surface area contributed by atoms with E-state index < -0.39 is 0 Å². The van der Waals surface area contributed by atoms with Crippen LogP contribution in [0.1, 0.15) is 32.8 Å². The number of aryl methyl sites for hydroxylation is 1. The van der Waals surface area contributed by atoms with Crippen molar-refractivity contribution >= 4 is 27.3 Å². The van der Waals surface area contributed by atoms with Crippen LogP contribution in [-0.2, 0) is 0 Å². The predicted octanol–water partition coefficient (Wildman–Crippen LogP) is 4.51. The molecule has 0 aromatic heterocycles. The van der Waals surface area contributed by atoms with Gasteiger partial charge in [0.25, 0.3) is 5.69 Å². The van der Waals surface area contributed by atoms with E-state index in [1.165, 1.54) is 0 Å². The molecule has 1 aromatic rings. The van der Waals surface area contributed by atoms with Crippen LogP contribution in [0, 0.1) is 23.0 Å². The minimum Gasteiger partial charge on any atom is -0.382 e. The van der Waals surface area contributed by atoms with Crippen LogP contribution in [0.5, 0.6) is 0 Å². The van der Waals surface area contributed by atoms with Crippen LogP contribution in [0.4, 0.5) is 11.4 Å². The molecule has 100 valence electrons. The van der Waals surface area contributed by atoms with Gasteiger partial charge in [0.15, 0.2) is 0 Å². The Kier molecular flexibility index (Phi) is 5.14. The minimum absolute atomic E-state index is 0.143. The van der Waals surface area contributed by atoms with Gasteiger partial charge in [0.2, 0.25) is 0 Å². The van der Waals surface area contributed by atoms with Crippen molar-refractivity contribution in [2.75, 3.05) is 5.32 Å². The topological polar surface area (TPSA) is 55.2 Å². The summed E-state index contributed by atoms with van der Waals surface area (Å²) in [7, 11) is 0. The summed E-state index contributed by atoms with van der Waals surface area (Å²) in [4.78, 5) is 10.5. The van der Waals surface area contributed by atoms with Gasteiger partial charge in [0, 0.05) is 27.8 Å². The number of anilines is 1. The second kappa shape index (κ2) is 6.18. The van der Waals surface area contributed by atoms with Crippen LogP contribution >= 0.6 is 15.9 Å². The zero-order valence-corrected chi connectivity index (χ0v) is 12.7. The maximum Gasteiger partial charge on any atom is 0.273 e. The number of nitro benzene ring substituents is 1. The summed E-state index contributed by atoms with van der Waals surface area (Å²) in [5, 5.41) is 14.2. The van der Waals surface area contributed by atoms with E-state index in [1.807, 2.05) is 6.07 Å². The van der Waals surface area contributed by atoms with Crippen LogP contribution in [0.15, 0.2) is 16.6 Å². The van der Waals surface area contributed by atoms with Crippen molar-refractivity contribution in [3.8, 4) is 0 Å². The molecule has 0 bridgehead atoms. The highest BCUT2D eigenvalue weighted by Gasteiger charge is 2.15. The Labute approximate surface area is 116 Å². The molecule has 1 N–H and O–H groups in total. The average Bonchev–Trinajstić information content (AvgIpc) is 2.21. The van der Waals surface area contributed by atoms with E-state index in [4.69, 9.17) is 0 Å². The van der Waals surface area contributed by atoms with Gasteiger partial charge < -0.3 is 5.32 Å². The fraction of sp³-hybridized carbons (Fsp3) is 0.538. The summed E-state index contributed by atoms with van der Waals surface area (Å²) >= 11 is 3.38. The van der Waals surface area contributed by atoms with E-state index in [0.29, 0.717) is 17.5 Å². The third kappa shape index (κ3) is 3.98. The van der Waals surface area contributed by atoms with Crippen molar-refractivity contribution in [1.29, 1.82) is 0 Å². The van der Waals surface area contributed by atoms with Gasteiger partial charge in [-0.25, -0.2) is 0 Å². The molecule has 0 amide bonds. The SMILES string of the molecule is Cc1cc(NC(C)CC(C)C)c(Br)cc1[N+](=O)[O-]. The molecule has 0 aliphatic carbocycles. The highest BCUT2D eigenvalue weighted by Crippen LogP contribution is 2.31. The van der Waals surface area contributed by atoms with E-state index in [1.54, 1.807) is 13.0 Å². The first kappa shape index (κ1) is 15.0. The smallest absolute Gasteiger partial charge is 0.273 e. The molecular formula is C13H19BrN2O2. The molecule has 0 spiro atoms. The van der Waals surface area contributed by atoms with Gasteiger partial charge in [-0.1, -0.05) is 13.8 Å². The molecule has 4 nitrogen and oxygen atoms in total. The van der Waals surface area contributed by atoms with E-state index in [-0.39, 0.29) is 10.6 Å². The average molecular weight is 315 g/mol. The molecule has 0 saturated carbocycles. The Bertz CT molecular complexity index is 447. The van der Waals surface area contributed by atoms with Gasteiger partial charge >= 0.3 is 0 Å². The summed E-state index contributed by atoms with van der Waals surface area (Å²) in [6.45, 7) is 8.22. The number of nitro groups is 1. The third-order valence-corrected chi connectivity index (χ3v) is 3.37. The van der Waals surface area contributed by atoms with Crippen molar-refractivity contribution in [1.82, 2.24) is 0 Å². The molecular weight excluding hydrogens is 296 g/mol. The first-order valence-corrected chi connectivity index (χ1v) is 6.81. The molecule has 1 rings (SSSR count). The first-order chi connectivity index (χ1) is 8.31. The molecule has 18 heavy (non-hydrogen) atoms. The standard InChI is InChI=1S/C13H19BrN2O2/c1-8(2)5-10(4)15-12-6-9(3)13(16(17)18)7-11(12)14/h6-8,10,15H,5H2,1-4H3. The van der Waals surface area contributed by atoms with Crippen LogP contribution in [0.2, 0.25) is 0 Å². The van der Waals surface area contributed by atoms with E-state index in [9.17, 15) is 10.1 Å². The number of rotatable bonds is 5. The molecule has 0 fully saturated rings. The molecule has 0 heterocycles. The third-order valence-electron chi connectivity index (χ3n) is 2.71. The Morgan fingerprint density at radius 1 is 1.39 bits per heavy atom.